The highest BCUT2D eigenvalue weighted by Gasteiger charge is 2.28. The lowest BCUT2D eigenvalue weighted by Gasteiger charge is -2.33. The van der Waals surface area contributed by atoms with E-state index < -0.39 is 6.17 Å². The molecule has 0 bridgehead atoms. The lowest BCUT2D eigenvalue weighted by Crippen LogP contribution is -2.46. The van der Waals surface area contributed by atoms with Gasteiger partial charge in [-0.1, -0.05) is 12.1 Å². The molecule has 2 atom stereocenters. The molecule has 4 heteroatoms. The number of nitrogens with zero attached hydrogens (tertiary/aromatic N) is 1. The number of rotatable bonds is 4. The quantitative estimate of drug-likeness (QED) is 0.904. The number of piperidine rings is 1. The molecule has 22 heavy (non-hydrogen) atoms. The Morgan fingerprint density at radius 3 is 2.95 bits per heavy atom. The first-order chi connectivity index (χ1) is 10.7. The van der Waals surface area contributed by atoms with Gasteiger partial charge in [-0.3, -0.25) is 0 Å². The van der Waals surface area contributed by atoms with Crippen molar-refractivity contribution in [1.82, 2.24) is 4.90 Å². The fraction of sp³-hybridized carbons (Fsp3) is 0.556. The number of likely N-dealkylation sites (tertiary alicyclic amines) is 1. The fourth-order valence-corrected chi connectivity index (χ4v) is 4.50. The molecule has 0 unspecified atom stereocenters. The van der Waals surface area contributed by atoms with E-state index in [0.29, 0.717) is 6.54 Å². The van der Waals surface area contributed by atoms with Crippen LogP contribution in [0.15, 0.2) is 23.6 Å². The molecule has 2 aromatic rings. The van der Waals surface area contributed by atoms with E-state index in [-0.39, 0.29) is 6.04 Å². The highest BCUT2D eigenvalue weighted by atomic mass is 32.1. The minimum Gasteiger partial charge on any atom is -0.378 e. The average Bonchev–Trinajstić information content (AvgIpc) is 3.22. The molecule has 1 aliphatic carbocycles. The van der Waals surface area contributed by atoms with Gasteiger partial charge in [-0.25, -0.2) is 4.39 Å². The van der Waals surface area contributed by atoms with Gasteiger partial charge in [0.2, 0.25) is 0 Å². The molecule has 118 valence electrons. The standard InChI is InChI=1S/C18H23FN2S/c1-21-8-7-16(15(19)10-21)20-17-4-2-3-14-13(9-12-5-6-12)11-22-18(14)17/h2-4,11-12,15-16,20H,5-10H2,1H3/t15-,16-/m0/s1. The second-order valence-electron chi connectivity index (χ2n) is 6.91. The SMILES string of the molecule is CN1CC[C@H](Nc2cccc3c(CC4CC4)csc23)[C@@H](F)C1. The molecular weight excluding hydrogens is 295 g/mol. The molecule has 2 aliphatic rings. The summed E-state index contributed by atoms with van der Waals surface area (Å²) in [5.41, 5.74) is 2.59. The molecule has 2 nitrogen and oxygen atoms in total. The highest BCUT2D eigenvalue weighted by molar-refractivity contribution is 7.18. The normalized spacial score (nSPS) is 26.5. The van der Waals surface area contributed by atoms with Crippen molar-refractivity contribution in [2.24, 2.45) is 5.92 Å². The molecule has 0 amide bonds. The van der Waals surface area contributed by atoms with E-state index in [4.69, 9.17) is 0 Å². The van der Waals surface area contributed by atoms with Crippen LogP contribution in [0.25, 0.3) is 10.1 Å². The number of nitrogens with one attached hydrogen (secondary N) is 1. The summed E-state index contributed by atoms with van der Waals surface area (Å²) >= 11 is 1.81. The van der Waals surface area contributed by atoms with Crippen LogP contribution in [0.3, 0.4) is 0 Å². The van der Waals surface area contributed by atoms with Gasteiger partial charge in [0.05, 0.1) is 16.4 Å². The Hall–Kier alpha value is -1.13. The van der Waals surface area contributed by atoms with Crippen molar-refractivity contribution < 1.29 is 4.39 Å². The van der Waals surface area contributed by atoms with Crippen molar-refractivity contribution in [2.45, 2.75) is 37.9 Å². The van der Waals surface area contributed by atoms with Crippen LogP contribution >= 0.6 is 11.3 Å². The van der Waals surface area contributed by atoms with Crippen molar-refractivity contribution >= 4 is 27.1 Å². The second-order valence-corrected chi connectivity index (χ2v) is 7.79. The van der Waals surface area contributed by atoms with E-state index in [1.165, 1.54) is 34.9 Å². The lowest BCUT2D eigenvalue weighted by atomic mass is 10.0. The molecule has 0 radical (unpaired) electrons. The molecule has 1 N–H and O–H groups in total. The molecule has 1 saturated carbocycles. The molecule has 1 aliphatic heterocycles. The number of halogens is 1. The van der Waals surface area contributed by atoms with E-state index >= 15 is 0 Å². The van der Waals surface area contributed by atoms with Gasteiger partial charge >= 0.3 is 0 Å². The van der Waals surface area contributed by atoms with E-state index in [1.807, 2.05) is 7.05 Å². The molecule has 2 fully saturated rings. The zero-order valence-electron chi connectivity index (χ0n) is 13.0. The summed E-state index contributed by atoms with van der Waals surface area (Å²) in [5.74, 6) is 0.901. The lowest BCUT2D eigenvalue weighted by molar-refractivity contribution is 0.149. The third kappa shape index (κ3) is 2.86. The molecule has 1 aromatic heterocycles. The summed E-state index contributed by atoms with van der Waals surface area (Å²) in [4.78, 5) is 2.07. The summed E-state index contributed by atoms with van der Waals surface area (Å²) in [6, 6.07) is 6.37. The second kappa shape index (κ2) is 5.82. The Balaban J connectivity index is 1.57. The van der Waals surface area contributed by atoms with Crippen LogP contribution in [0.1, 0.15) is 24.8 Å². The maximum absolute atomic E-state index is 14.3. The van der Waals surface area contributed by atoms with E-state index in [0.717, 1.165) is 24.6 Å². The number of hydrogen-bond acceptors (Lipinski definition) is 3. The summed E-state index contributed by atoms with van der Waals surface area (Å²) in [5, 5.41) is 7.15. The number of hydrogen-bond donors (Lipinski definition) is 1. The third-order valence-electron chi connectivity index (χ3n) is 4.97. The van der Waals surface area contributed by atoms with Crippen LogP contribution < -0.4 is 5.32 Å². The number of alkyl halides is 1. The Morgan fingerprint density at radius 1 is 1.32 bits per heavy atom. The minimum atomic E-state index is -0.792. The summed E-state index contributed by atoms with van der Waals surface area (Å²) in [7, 11) is 1.99. The molecule has 2 heterocycles. The first-order valence-electron chi connectivity index (χ1n) is 8.29. The van der Waals surface area contributed by atoms with Crippen molar-refractivity contribution in [2.75, 3.05) is 25.5 Å². The number of anilines is 1. The maximum atomic E-state index is 14.3. The van der Waals surface area contributed by atoms with Gasteiger partial charge in [0.25, 0.3) is 0 Å². The van der Waals surface area contributed by atoms with Crippen LogP contribution in [0.4, 0.5) is 10.1 Å². The van der Waals surface area contributed by atoms with Gasteiger partial charge in [-0.05, 0) is 61.0 Å². The Morgan fingerprint density at radius 2 is 2.18 bits per heavy atom. The molecule has 4 rings (SSSR count). The predicted molar refractivity (Wildman–Crippen MR) is 92.7 cm³/mol. The smallest absolute Gasteiger partial charge is 0.133 e. The Kier molecular flexibility index (Phi) is 3.82. The fourth-order valence-electron chi connectivity index (χ4n) is 3.43. The largest absolute Gasteiger partial charge is 0.378 e. The zero-order chi connectivity index (χ0) is 15.1. The van der Waals surface area contributed by atoms with Crippen molar-refractivity contribution in [1.29, 1.82) is 0 Å². The summed E-state index contributed by atoms with van der Waals surface area (Å²) < 4.78 is 15.6. The zero-order valence-corrected chi connectivity index (χ0v) is 13.8. The molecular formula is C18H23FN2S. The van der Waals surface area contributed by atoms with Gasteiger partial charge < -0.3 is 10.2 Å². The molecule has 0 spiro atoms. The molecule has 1 aromatic carbocycles. The maximum Gasteiger partial charge on any atom is 0.133 e. The first-order valence-corrected chi connectivity index (χ1v) is 9.17. The Bertz CT molecular complexity index is 664. The number of benzene rings is 1. The van der Waals surface area contributed by atoms with E-state index in [2.05, 4.69) is 33.8 Å². The van der Waals surface area contributed by atoms with Crippen molar-refractivity contribution in [3.05, 3.63) is 29.1 Å². The van der Waals surface area contributed by atoms with Crippen molar-refractivity contribution in [3.8, 4) is 0 Å². The average molecular weight is 318 g/mol. The van der Waals surface area contributed by atoms with Crippen LogP contribution in [0.5, 0.6) is 0 Å². The van der Waals surface area contributed by atoms with E-state index in [9.17, 15) is 4.39 Å². The van der Waals surface area contributed by atoms with Crippen LogP contribution in [-0.2, 0) is 6.42 Å². The molecule has 1 saturated heterocycles. The van der Waals surface area contributed by atoms with Gasteiger partial charge in [-0.2, -0.15) is 0 Å². The highest BCUT2D eigenvalue weighted by Crippen LogP contribution is 2.39. The van der Waals surface area contributed by atoms with E-state index in [1.54, 1.807) is 11.3 Å². The number of thiophene rings is 1. The summed E-state index contributed by atoms with van der Waals surface area (Å²) in [6.07, 6.45) is 4.06. The van der Waals surface area contributed by atoms with Crippen molar-refractivity contribution in [3.63, 3.8) is 0 Å². The van der Waals surface area contributed by atoms with Crippen LogP contribution in [0.2, 0.25) is 0 Å². The number of fused-ring (bicyclic) bond motifs is 1. The Labute approximate surface area is 135 Å². The van der Waals surface area contributed by atoms with Gasteiger partial charge in [-0.15, -0.1) is 11.3 Å². The summed E-state index contributed by atoms with van der Waals surface area (Å²) in [6.45, 7) is 1.50. The third-order valence-corrected chi connectivity index (χ3v) is 6.05. The van der Waals surface area contributed by atoms with Gasteiger partial charge in [0, 0.05) is 13.1 Å². The van der Waals surface area contributed by atoms with Crippen LogP contribution in [0, 0.1) is 5.92 Å². The van der Waals surface area contributed by atoms with Crippen LogP contribution in [-0.4, -0.2) is 37.3 Å². The van der Waals surface area contributed by atoms with Gasteiger partial charge in [0.1, 0.15) is 6.17 Å². The monoisotopic (exact) mass is 318 g/mol. The predicted octanol–water partition coefficient (Wildman–Crippen LogP) is 4.31. The van der Waals surface area contributed by atoms with Gasteiger partial charge in [0.15, 0.2) is 0 Å². The first kappa shape index (κ1) is 14.5. The minimum absolute atomic E-state index is 0.0595. The topological polar surface area (TPSA) is 15.3 Å².